The van der Waals surface area contributed by atoms with Gasteiger partial charge in [0, 0.05) is 11.4 Å². The third-order valence-electron chi connectivity index (χ3n) is 3.24. The van der Waals surface area contributed by atoms with Crippen LogP contribution in [-0.2, 0) is 12.8 Å². The summed E-state index contributed by atoms with van der Waals surface area (Å²) in [5, 5.41) is 7.13. The predicted octanol–water partition coefficient (Wildman–Crippen LogP) is 4.62. The molecule has 0 atom stereocenters. The van der Waals surface area contributed by atoms with Crippen molar-refractivity contribution in [3.63, 3.8) is 0 Å². The summed E-state index contributed by atoms with van der Waals surface area (Å²) in [4.78, 5) is 0. The molecule has 0 saturated carbocycles. The van der Waals surface area contributed by atoms with Gasteiger partial charge in [-0.25, -0.2) is 0 Å². The van der Waals surface area contributed by atoms with Crippen LogP contribution < -0.4 is 10.6 Å². The number of para-hydroxylation sites is 1. The van der Waals surface area contributed by atoms with Crippen LogP contribution in [0.2, 0.25) is 0 Å². The standard InChI is InChI=1S/C17H20N2S/c1-3-13-8-7-10-15(12-13)18-17(20)19-16-11-6-5-9-14(16)4-2/h5-12H,3-4H2,1-2H3,(H2,18,19,20). The summed E-state index contributed by atoms with van der Waals surface area (Å²) >= 11 is 5.38. The average molecular weight is 284 g/mol. The largest absolute Gasteiger partial charge is 0.332 e. The second kappa shape index (κ2) is 7.06. The molecule has 3 heteroatoms. The van der Waals surface area contributed by atoms with Crippen molar-refractivity contribution >= 4 is 28.7 Å². The Morgan fingerprint density at radius 3 is 2.50 bits per heavy atom. The molecular formula is C17H20N2S. The van der Waals surface area contributed by atoms with Gasteiger partial charge in [-0.05, 0) is 54.4 Å². The Labute approximate surface area is 126 Å². The van der Waals surface area contributed by atoms with E-state index < -0.39 is 0 Å². The summed E-state index contributed by atoms with van der Waals surface area (Å²) < 4.78 is 0. The van der Waals surface area contributed by atoms with Crippen molar-refractivity contribution in [3.05, 3.63) is 59.7 Å². The minimum Gasteiger partial charge on any atom is -0.332 e. The number of nitrogens with one attached hydrogen (secondary N) is 2. The number of benzene rings is 2. The lowest BCUT2D eigenvalue weighted by molar-refractivity contribution is 1.14. The number of anilines is 2. The molecule has 0 saturated heterocycles. The zero-order valence-corrected chi connectivity index (χ0v) is 12.8. The van der Waals surface area contributed by atoms with Crippen LogP contribution in [0.1, 0.15) is 25.0 Å². The van der Waals surface area contributed by atoms with E-state index in [9.17, 15) is 0 Å². The quantitative estimate of drug-likeness (QED) is 0.801. The van der Waals surface area contributed by atoms with Crippen molar-refractivity contribution in [2.24, 2.45) is 0 Å². The van der Waals surface area contributed by atoms with E-state index >= 15 is 0 Å². The predicted molar refractivity (Wildman–Crippen MR) is 91.5 cm³/mol. The van der Waals surface area contributed by atoms with Gasteiger partial charge in [0.25, 0.3) is 0 Å². The molecule has 0 amide bonds. The topological polar surface area (TPSA) is 24.1 Å². The first-order valence-electron chi connectivity index (χ1n) is 6.97. The van der Waals surface area contributed by atoms with E-state index in [1.165, 1.54) is 11.1 Å². The van der Waals surface area contributed by atoms with Gasteiger partial charge < -0.3 is 10.6 Å². The van der Waals surface area contributed by atoms with Gasteiger partial charge in [0.1, 0.15) is 0 Å². The summed E-state index contributed by atoms with van der Waals surface area (Å²) in [5.74, 6) is 0. The van der Waals surface area contributed by atoms with E-state index in [-0.39, 0.29) is 0 Å². The van der Waals surface area contributed by atoms with E-state index in [2.05, 4.69) is 48.7 Å². The molecule has 0 heterocycles. The molecule has 0 bridgehead atoms. The molecule has 0 aromatic heterocycles. The Bertz CT molecular complexity index is 593. The van der Waals surface area contributed by atoms with Crippen LogP contribution in [0.15, 0.2) is 48.5 Å². The third kappa shape index (κ3) is 3.81. The van der Waals surface area contributed by atoms with E-state index in [0.29, 0.717) is 5.11 Å². The first kappa shape index (κ1) is 14.5. The molecule has 0 radical (unpaired) electrons. The molecular weight excluding hydrogens is 264 g/mol. The first-order valence-corrected chi connectivity index (χ1v) is 7.38. The highest BCUT2D eigenvalue weighted by atomic mass is 32.1. The van der Waals surface area contributed by atoms with Crippen LogP contribution in [-0.4, -0.2) is 5.11 Å². The molecule has 2 N–H and O–H groups in total. The smallest absolute Gasteiger partial charge is 0.175 e. The summed E-state index contributed by atoms with van der Waals surface area (Å²) in [6.45, 7) is 4.29. The molecule has 2 aromatic rings. The number of hydrogen-bond donors (Lipinski definition) is 2. The lowest BCUT2D eigenvalue weighted by Gasteiger charge is -2.13. The minimum absolute atomic E-state index is 0.624. The molecule has 2 nitrogen and oxygen atoms in total. The maximum absolute atomic E-state index is 5.38. The van der Waals surface area contributed by atoms with Crippen molar-refractivity contribution in [1.82, 2.24) is 0 Å². The van der Waals surface area contributed by atoms with Crippen molar-refractivity contribution in [2.75, 3.05) is 10.6 Å². The summed E-state index contributed by atoms with van der Waals surface area (Å²) in [6, 6.07) is 16.5. The second-order valence-corrected chi connectivity index (χ2v) is 5.05. The highest BCUT2D eigenvalue weighted by Crippen LogP contribution is 2.16. The third-order valence-corrected chi connectivity index (χ3v) is 3.44. The van der Waals surface area contributed by atoms with E-state index in [1.54, 1.807) is 0 Å². The fraction of sp³-hybridized carbons (Fsp3) is 0.235. The van der Waals surface area contributed by atoms with Crippen molar-refractivity contribution in [1.29, 1.82) is 0 Å². The van der Waals surface area contributed by atoms with Crippen LogP contribution in [0, 0.1) is 0 Å². The Morgan fingerprint density at radius 1 is 0.950 bits per heavy atom. The number of hydrogen-bond acceptors (Lipinski definition) is 1. The zero-order chi connectivity index (χ0) is 14.4. The number of aryl methyl sites for hydroxylation is 2. The average Bonchev–Trinajstić information content (AvgIpc) is 2.48. The van der Waals surface area contributed by atoms with Gasteiger partial charge in [0.2, 0.25) is 0 Å². The van der Waals surface area contributed by atoms with Gasteiger partial charge >= 0.3 is 0 Å². The zero-order valence-electron chi connectivity index (χ0n) is 11.9. The molecule has 0 aliphatic heterocycles. The molecule has 2 aromatic carbocycles. The Balaban J connectivity index is 2.05. The van der Waals surface area contributed by atoms with E-state index in [4.69, 9.17) is 12.2 Å². The molecule has 0 spiro atoms. The van der Waals surface area contributed by atoms with Crippen molar-refractivity contribution < 1.29 is 0 Å². The van der Waals surface area contributed by atoms with Gasteiger partial charge in [-0.3, -0.25) is 0 Å². The van der Waals surface area contributed by atoms with Crippen molar-refractivity contribution in [3.8, 4) is 0 Å². The summed E-state index contributed by atoms with van der Waals surface area (Å²) in [7, 11) is 0. The van der Waals surface area contributed by atoms with Gasteiger partial charge in [0.05, 0.1) is 0 Å². The van der Waals surface area contributed by atoms with E-state index in [0.717, 1.165) is 24.2 Å². The first-order chi connectivity index (χ1) is 9.72. The maximum atomic E-state index is 5.38. The lowest BCUT2D eigenvalue weighted by atomic mass is 10.1. The molecule has 20 heavy (non-hydrogen) atoms. The van der Waals surface area contributed by atoms with Gasteiger partial charge in [-0.2, -0.15) is 0 Å². The van der Waals surface area contributed by atoms with Crippen LogP contribution >= 0.6 is 12.2 Å². The molecule has 0 fully saturated rings. The molecule has 0 aliphatic rings. The monoisotopic (exact) mass is 284 g/mol. The highest BCUT2D eigenvalue weighted by Gasteiger charge is 2.03. The fourth-order valence-electron chi connectivity index (χ4n) is 2.10. The Kier molecular flexibility index (Phi) is 5.13. The summed E-state index contributed by atoms with van der Waals surface area (Å²) in [6.07, 6.45) is 2.01. The maximum Gasteiger partial charge on any atom is 0.175 e. The highest BCUT2D eigenvalue weighted by molar-refractivity contribution is 7.80. The molecule has 0 unspecified atom stereocenters. The number of rotatable bonds is 4. The normalized spacial score (nSPS) is 10.1. The minimum atomic E-state index is 0.624. The van der Waals surface area contributed by atoms with Crippen molar-refractivity contribution in [2.45, 2.75) is 26.7 Å². The molecule has 0 aliphatic carbocycles. The lowest BCUT2D eigenvalue weighted by Crippen LogP contribution is -2.19. The van der Waals surface area contributed by atoms with Gasteiger partial charge in [0.15, 0.2) is 5.11 Å². The molecule has 104 valence electrons. The number of thiocarbonyl (C=S) groups is 1. The summed E-state index contributed by atoms with van der Waals surface area (Å²) in [5.41, 5.74) is 4.65. The molecule has 2 rings (SSSR count). The Hall–Kier alpha value is -1.87. The van der Waals surface area contributed by atoms with Gasteiger partial charge in [-0.1, -0.05) is 44.2 Å². The van der Waals surface area contributed by atoms with Crippen LogP contribution in [0.3, 0.4) is 0 Å². The second-order valence-electron chi connectivity index (χ2n) is 4.64. The fourth-order valence-corrected chi connectivity index (χ4v) is 2.33. The van der Waals surface area contributed by atoms with Gasteiger partial charge in [-0.15, -0.1) is 0 Å². The van der Waals surface area contributed by atoms with Crippen LogP contribution in [0.5, 0.6) is 0 Å². The SMILES string of the molecule is CCc1cccc(NC(=S)Nc2ccccc2CC)c1. The Morgan fingerprint density at radius 2 is 1.75 bits per heavy atom. The van der Waals surface area contributed by atoms with E-state index in [1.807, 2.05) is 24.3 Å². The van der Waals surface area contributed by atoms with Crippen LogP contribution in [0.25, 0.3) is 0 Å². The van der Waals surface area contributed by atoms with Crippen LogP contribution in [0.4, 0.5) is 11.4 Å².